The number of anilines is 1. The van der Waals surface area contributed by atoms with E-state index in [-0.39, 0.29) is 0 Å². The van der Waals surface area contributed by atoms with Gasteiger partial charge in [0, 0.05) is 6.54 Å². The first-order valence-electron chi connectivity index (χ1n) is 5.60. The van der Waals surface area contributed by atoms with Crippen LogP contribution in [0, 0.1) is 0 Å². The first-order valence-corrected chi connectivity index (χ1v) is 5.60. The lowest BCUT2D eigenvalue weighted by molar-refractivity contribution is 0.323. The van der Waals surface area contributed by atoms with Gasteiger partial charge in [0.2, 0.25) is 0 Å². The summed E-state index contributed by atoms with van der Waals surface area (Å²) >= 11 is 0. The zero-order chi connectivity index (χ0) is 10.5. The Hall–Kier alpha value is -1.22. The summed E-state index contributed by atoms with van der Waals surface area (Å²) in [6.07, 6.45) is 1.07. The maximum Gasteiger partial charge on any atom is 0.142 e. The number of nitrogens with one attached hydrogen (secondary N) is 2. The average molecular weight is 206 g/mol. The van der Waals surface area contributed by atoms with Crippen molar-refractivity contribution in [2.24, 2.45) is 0 Å². The van der Waals surface area contributed by atoms with Crippen molar-refractivity contribution in [3.05, 3.63) is 23.8 Å². The van der Waals surface area contributed by atoms with Crippen molar-refractivity contribution in [1.29, 1.82) is 0 Å². The van der Waals surface area contributed by atoms with Gasteiger partial charge in [0.25, 0.3) is 0 Å². The number of fused-ring (bicyclic) bond motifs is 1. The average Bonchev–Trinajstić information content (AvgIpc) is 2.29. The van der Waals surface area contributed by atoms with Gasteiger partial charge in [-0.25, -0.2) is 0 Å². The van der Waals surface area contributed by atoms with E-state index in [2.05, 4.69) is 35.8 Å². The predicted molar refractivity (Wildman–Crippen MR) is 62.7 cm³/mol. The van der Waals surface area contributed by atoms with Crippen molar-refractivity contribution in [1.82, 2.24) is 5.32 Å². The highest BCUT2D eigenvalue weighted by molar-refractivity contribution is 5.59. The number of benzene rings is 1. The highest BCUT2D eigenvalue weighted by atomic mass is 16.5. The van der Waals surface area contributed by atoms with Gasteiger partial charge in [-0.15, -0.1) is 0 Å². The van der Waals surface area contributed by atoms with E-state index in [1.807, 2.05) is 0 Å². The molecule has 0 atom stereocenters. The topological polar surface area (TPSA) is 33.3 Å². The first kappa shape index (κ1) is 10.3. The number of likely N-dealkylation sites (N-methyl/N-ethyl adjacent to an activating group) is 1. The summed E-state index contributed by atoms with van der Waals surface area (Å²) in [5, 5.41) is 6.67. The van der Waals surface area contributed by atoms with Gasteiger partial charge in [-0.2, -0.15) is 0 Å². The third kappa shape index (κ3) is 2.63. The van der Waals surface area contributed by atoms with Crippen LogP contribution in [0.15, 0.2) is 18.2 Å². The molecule has 0 aromatic heterocycles. The fourth-order valence-electron chi connectivity index (χ4n) is 1.75. The van der Waals surface area contributed by atoms with Gasteiger partial charge in [0.15, 0.2) is 0 Å². The molecule has 1 heterocycles. The molecule has 0 bridgehead atoms. The summed E-state index contributed by atoms with van der Waals surface area (Å²) in [5.74, 6) is 0.980. The van der Waals surface area contributed by atoms with Gasteiger partial charge >= 0.3 is 0 Å². The van der Waals surface area contributed by atoms with Crippen molar-refractivity contribution in [2.75, 3.05) is 31.6 Å². The lowest BCUT2D eigenvalue weighted by Gasteiger charge is -2.19. The largest absolute Gasteiger partial charge is 0.490 e. The zero-order valence-corrected chi connectivity index (χ0v) is 9.18. The summed E-state index contributed by atoms with van der Waals surface area (Å²) in [4.78, 5) is 0. The van der Waals surface area contributed by atoms with E-state index in [0.29, 0.717) is 0 Å². The molecule has 0 saturated heterocycles. The Morgan fingerprint density at radius 1 is 1.47 bits per heavy atom. The summed E-state index contributed by atoms with van der Waals surface area (Å²) in [5.41, 5.74) is 2.49. The molecule has 0 spiro atoms. The zero-order valence-electron chi connectivity index (χ0n) is 9.18. The Morgan fingerprint density at radius 2 is 2.40 bits per heavy atom. The van der Waals surface area contributed by atoms with E-state index in [1.165, 1.54) is 5.56 Å². The SMILES string of the molecule is CCNCCc1ccc2c(c1)NCCO2. The van der Waals surface area contributed by atoms with Crippen molar-refractivity contribution in [3.8, 4) is 5.75 Å². The smallest absolute Gasteiger partial charge is 0.142 e. The molecular weight excluding hydrogens is 188 g/mol. The summed E-state index contributed by atoms with van der Waals surface area (Å²) in [6, 6.07) is 6.39. The number of rotatable bonds is 4. The predicted octanol–water partition coefficient (Wildman–Crippen LogP) is 1.64. The van der Waals surface area contributed by atoms with Crippen LogP contribution in [-0.4, -0.2) is 26.2 Å². The van der Waals surface area contributed by atoms with E-state index < -0.39 is 0 Å². The Kier molecular flexibility index (Phi) is 3.45. The van der Waals surface area contributed by atoms with Gasteiger partial charge in [0.05, 0.1) is 5.69 Å². The molecule has 15 heavy (non-hydrogen) atoms. The number of hydrogen-bond acceptors (Lipinski definition) is 3. The van der Waals surface area contributed by atoms with Crippen molar-refractivity contribution in [2.45, 2.75) is 13.3 Å². The number of ether oxygens (including phenoxy) is 1. The molecule has 0 unspecified atom stereocenters. The van der Waals surface area contributed by atoms with Crippen LogP contribution in [0.4, 0.5) is 5.69 Å². The minimum atomic E-state index is 0.768. The molecule has 0 fully saturated rings. The molecule has 82 valence electrons. The third-order valence-electron chi connectivity index (χ3n) is 2.56. The van der Waals surface area contributed by atoms with Crippen LogP contribution in [0.5, 0.6) is 5.75 Å². The van der Waals surface area contributed by atoms with E-state index in [0.717, 1.165) is 44.1 Å². The first-order chi connectivity index (χ1) is 7.40. The molecule has 0 aliphatic carbocycles. The van der Waals surface area contributed by atoms with Gasteiger partial charge in [-0.3, -0.25) is 0 Å². The molecule has 1 aromatic carbocycles. The monoisotopic (exact) mass is 206 g/mol. The maximum atomic E-state index is 5.53. The Bertz CT molecular complexity index is 325. The molecule has 1 aliphatic heterocycles. The maximum absolute atomic E-state index is 5.53. The molecule has 0 amide bonds. The minimum absolute atomic E-state index is 0.768. The van der Waals surface area contributed by atoms with Crippen LogP contribution in [0.2, 0.25) is 0 Å². The molecule has 2 rings (SSSR count). The third-order valence-corrected chi connectivity index (χ3v) is 2.56. The Balaban J connectivity index is 2.00. The van der Waals surface area contributed by atoms with Crippen molar-refractivity contribution < 1.29 is 4.74 Å². The van der Waals surface area contributed by atoms with Crippen LogP contribution >= 0.6 is 0 Å². The van der Waals surface area contributed by atoms with E-state index in [1.54, 1.807) is 0 Å². The molecule has 1 aliphatic rings. The van der Waals surface area contributed by atoms with Gasteiger partial charge in [0.1, 0.15) is 12.4 Å². The molecule has 0 radical (unpaired) electrons. The van der Waals surface area contributed by atoms with E-state index in [4.69, 9.17) is 4.74 Å². The second-order valence-electron chi connectivity index (χ2n) is 3.71. The van der Waals surface area contributed by atoms with Gasteiger partial charge < -0.3 is 15.4 Å². The molecule has 3 heteroatoms. The molecular formula is C12H18N2O. The van der Waals surface area contributed by atoms with Gasteiger partial charge in [-0.1, -0.05) is 13.0 Å². The standard InChI is InChI=1S/C12H18N2O/c1-2-13-6-5-10-3-4-12-11(9-10)14-7-8-15-12/h3-4,9,13-14H,2,5-8H2,1H3. The molecule has 0 saturated carbocycles. The van der Waals surface area contributed by atoms with Gasteiger partial charge in [-0.05, 0) is 37.2 Å². The number of hydrogen-bond donors (Lipinski definition) is 2. The second-order valence-corrected chi connectivity index (χ2v) is 3.71. The lowest BCUT2D eigenvalue weighted by Crippen LogP contribution is -2.19. The summed E-state index contributed by atoms with van der Waals surface area (Å²) < 4.78 is 5.53. The fourth-order valence-corrected chi connectivity index (χ4v) is 1.75. The van der Waals surface area contributed by atoms with Crippen LogP contribution in [0.3, 0.4) is 0 Å². The molecule has 2 N–H and O–H groups in total. The fraction of sp³-hybridized carbons (Fsp3) is 0.500. The highest BCUT2D eigenvalue weighted by Crippen LogP contribution is 2.27. The van der Waals surface area contributed by atoms with Crippen LogP contribution in [-0.2, 0) is 6.42 Å². The van der Waals surface area contributed by atoms with Crippen LogP contribution in [0.25, 0.3) is 0 Å². The van der Waals surface area contributed by atoms with E-state index >= 15 is 0 Å². The highest BCUT2D eigenvalue weighted by Gasteiger charge is 2.09. The van der Waals surface area contributed by atoms with Crippen molar-refractivity contribution >= 4 is 5.69 Å². The second kappa shape index (κ2) is 5.03. The molecule has 3 nitrogen and oxygen atoms in total. The van der Waals surface area contributed by atoms with Crippen LogP contribution < -0.4 is 15.4 Å². The quantitative estimate of drug-likeness (QED) is 0.735. The van der Waals surface area contributed by atoms with Crippen molar-refractivity contribution in [3.63, 3.8) is 0 Å². The summed E-state index contributed by atoms with van der Waals surface area (Å²) in [6.45, 7) is 5.87. The van der Waals surface area contributed by atoms with E-state index in [9.17, 15) is 0 Å². The minimum Gasteiger partial charge on any atom is -0.490 e. The van der Waals surface area contributed by atoms with Crippen LogP contribution in [0.1, 0.15) is 12.5 Å². The lowest BCUT2D eigenvalue weighted by atomic mass is 10.1. The Morgan fingerprint density at radius 3 is 3.27 bits per heavy atom. The molecule has 1 aromatic rings. The Labute approximate surface area is 90.8 Å². The summed E-state index contributed by atoms with van der Waals surface area (Å²) in [7, 11) is 0. The normalized spacial score (nSPS) is 13.9.